The number of aromatic nitrogens is 1. The van der Waals surface area contributed by atoms with E-state index in [2.05, 4.69) is 10.1 Å². The summed E-state index contributed by atoms with van der Waals surface area (Å²) in [5.74, 6) is 1.18. The average molecular weight is 383 g/mol. The Bertz CT molecular complexity index is 1050. The Kier molecular flexibility index (Phi) is 4.77. The van der Waals surface area contributed by atoms with Crippen LogP contribution < -0.4 is 14.3 Å². The third-order valence-electron chi connectivity index (χ3n) is 3.91. The first-order chi connectivity index (χ1) is 13.1. The van der Waals surface area contributed by atoms with Crippen LogP contribution in [0.3, 0.4) is 0 Å². The summed E-state index contributed by atoms with van der Waals surface area (Å²) in [6.45, 7) is 4.27. The van der Waals surface area contributed by atoms with Gasteiger partial charge in [-0.1, -0.05) is 0 Å². The van der Waals surface area contributed by atoms with Crippen molar-refractivity contribution >= 4 is 17.6 Å². The van der Waals surface area contributed by atoms with E-state index in [9.17, 15) is 4.39 Å². The Labute approximate surface area is 160 Å². The molecule has 0 fully saturated rings. The number of benzene rings is 2. The smallest absolute Gasteiger partial charge is 0.231 e. The van der Waals surface area contributed by atoms with Gasteiger partial charge >= 0.3 is 0 Å². The van der Waals surface area contributed by atoms with Gasteiger partial charge in [-0.2, -0.15) is 5.10 Å². The van der Waals surface area contributed by atoms with E-state index < -0.39 is 0 Å². The highest BCUT2D eigenvalue weighted by Crippen LogP contribution is 2.32. The highest BCUT2D eigenvalue weighted by molar-refractivity contribution is 7.07. The molecule has 138 valence electrons. The van der Waals surface area contributed by atoms with Gasteiger partial charge in [-0.3, -0.25) is 4.99 Å². The van der Waals surface area contributed by atoms with Crippen LogP contribution in [0, 0.1) is 5.82 Å². The van der Waals surface area contributed by atoms with Gasteiger partial charge in [0.25, 0.3) is 0 Å². The maximum atomic E-state index is 13.3. The Morgan fingerprint density at radius 2 is 1.89 bits per heavy atom. The molecule has 3 aromatic rings. The van der Waals surface area contributed by atoms with Crippen molar-refractivity contribution < 1.29 is 13.9 Å². The summed E-state index contributed by atoms with van der Waals surface area (Å²) in [6, 6.07) is 12.2. The van der Waals surface area contributed by atoms with Crippen LogP contribution in [0.2, 0.25) is 0 Å². The van der Waals surface area contributed by atoms with Gasteiger partial charge in [-0.25, -0.2) is 9.07 Å². The van der Waals surface area contributed by atoms with E-state index in [0.717, 1.165) is 27.4 Å². The van der Waals surface area contributed by atoms with Crippen molar-refractivity contribution in [3.05, 3.63) is 64.0 Å². The fourth-order valence-electron chi connectivity index (χ4n) is 2.66. The van der Waals surface area contributed by atoms with Crippen molar-refractivity contribution in [3.63, 3.8) is 0 Å². The van der Waals surface area contributed by atoms with Crippen molar-refractivity contribution in [2.75, 3.05) is 6.79 Å². The second-order valence-corrected chi connectivity index (χ2v) is 7.14. The van der Waals surface area contributed by atoms with Crippen LogP contribution in [0.15, 0.2) is 57.9 Å². The number of ether oxygens (including phenoxy) is 2. The van der Waals surface area contributed by atoms with Crippen LogP contribution in [0.25, 0.3) is 11.3 Å². The lowest BCUT2D eigenvalue weighted by Crippen LogP contribution is -2.14. The molecule has 0 aliphatic carbocycles. The quantitative estimate of drug-likeness (QED) is 0.632. The van der Waals surface area contributed by atoms with Crippen LogP contribution in [-0.2, 0) is 0 Å². The fraction of sp³-hybridized carbons (Fsp3) is 0.200. The molecule has 0 unspecified atom stereocenters. The second kappa shape index (κ2) is 7.36. The van der Waals surface area contributed by atoms with Gasteiger partial charge in [0.15, 0.2) is 11.5 Å². The van der Waals surface area contributed by atoms with Gasteiger partial charge < -0.3 is 9.47 Å². The standard InChI is InChI=1S/C20H18FN3O2S/c1-13(2)23-20-24(17(11-27-20)15-4-6-16(21)7-5-15)22-10-14-3-8-18-19(9-14)26-12-25-18/h3-11,13H,12H2,1-2H3. The van der Waals surface area contributed by atoms with Crippen LogP contribution in [0.4, 0.5) is 4.39 Å². The molecule has 4 rings (SSSR count). The van der Waals surface area contributed by atoms with Crippen molar-refractivity contribution in [2.24, 2.45) is 10.1 Å². The number of hydrogen-bond acceptors (Lipinski definition) is 5. The fourth-order valence-corrected chi connectivity index (χ4v) is 3.63. The number of rotatable bonds is 4. The van der Waals surface area contributed by atoms with Crippen LogP contribution in [-0.4, -0.2) is 23.7 Å². The number of thiazole rings is 1. The first kappa shape index (κ1) is 17.5. The van der Waals surface area contributed by atoms with Gasteiger partial charge in [0.05, 0.1) is 11.9 Å². The average Bonchev–Trinajstić information content (AvgIpc) is 3.26. The molecule has 0 spiro atoms. The Hall–Kier alpha value is -2.93. The van der Waals surface area contributed by atoms with Crippen molar-refractivity contribution in [2.45, 2.75) is 19.9 Å². The second-order valence-electron chi connectivity index (χ2n) is 6.30. The Balaban J connectivity index is 1.75. The van der Waals surface area contributed by atoms with Crippen LogP contribution in [0.5, 0.6) is 11.5 Å². The predicted octanol–water partition coefficient (Wildman–Crippen LogP) is 4.28. The van der Waals surface area contributed by atoms with E-state index in [1.807, 2.05) is 37.4 Å². The van der Waals surface area contributed by atoms with Gasteiger partial charge in [0, 0.05) is 17.0 Å². The molecule has 1 aliphatic rings. The van der Waals surface area contributed by atoms with E-state index in [1.54, 1.807) is 23.0 Å². The molecule has 1 aromatic heterocycles. The van der Waals surface area contributed by atoms with Crippen molar-refractivity contribution in [3.8, 4) is 22.8 Å². The normalized spacial score (nSPS) is 13.9. The zero-order valence-corrected chi connectivity index (χ0v) is 15.7. The van der Waals surface area contributed by atoms with E-state index in [4.69, 9.17) is 9.47 Å². The molecule has 0 N–H and O–H groups in total. The summed E-state index contributed by atoms with van der Waals surface area (Å²) in [4.78, 5) is 5.42. The third-order valence-corrected chi connectivity index (χ3v) is 4.74. The first-order valence-electron chi connectivity index (χ1n) is 8.54. The maximum Gasteiger partial charge on any atom is 0.231 e. The molecule has 0 atom stereocenters. The number of halogens is 1. The van der Waals surface area contributed by atoms with Crippen molar-refractivity contribution in [1.82, 2.24) is 4.68 Å². The summed E-state index contributed by atoms with van der Waals surface area (Å²) in [5, 5.41) is 6.61. The highest BCUT2D eigenvalue weighted by Gasteiger charge is 2.13. The number of fused-ring (bicyclic) bond motifs is 1. The Morgan fingerprint density at radius 1 is 1.11 bits per heavy atom. The summed E-state index contributed by atoms with van der Waals surface area (Å²) in [6.07, 6.45) is 1.75. The van der Waals surface area contributed by atoms with E-state index in [1.165, 1.54) is 23.5 Å². The Morgan fingerprint density at radius 3 is 2.67 bits per heavy atom. The molecule has 5 nitrogen and oxygen atoms in total. The molecular formula is C20H18FN3O2S. The summed E-state index contributed by atoms with van der Waals surface area (Å²) in [5.41, 5.74) is 2.62. The zero-order chi connectivity index (χ0) is 18.8. The minimum absolute atomic E-state index is 0.136. The largest absolute Gasteiger partial charge is 0.454 e. The van der Waals surface area contributed by atoms with Gasteiger partial charge in [0.1, 0.15) is 5.82 Å². The number of hydrogen-bond donors (Lipinski definition) is 0. The van der Waals surface area contributed by atoms with E-state index in [-0.39, 0.29) is 18.7 Å². The molecule has 1 aliphatic heterocycles. The minimum atomic E-state index is -0.267. The van der Waals surface area contributed by atoms with Gasteiger partial charge in [-0.05, 0) is 61.9 Å². The van der Waals surface area contributed by atoms with Crippen LogP contribution in [0.1, 0.15) is 19.4 Å². The molecule has 27 heavy (non-hydrogen) atoms. The molecule has 7 heteroatoms. The van der Waals surface area contributed by atoms with Gasteiger partial charge in [0.2, 0.25) is 11.6 Å². The third kappa shape index (κ3) is 3.78. The molecule has 0 saturated heterocycles. The van der Waals surface area contributed by atoms with Crippen LogP contribution >= 0.6 is 11.3 Å². The maximum absolute atomic E-state index is 13.3. The summed E-state index contributed by atoms with van der Waals surface area (Å²) in [7, 11) is 0. The monoisotopic (exact) mass is 383 g/mol. The lowest BCUT2D eigenvalue weighted by Gasteiger charge is -2.04. The van der Waals surface area contributed by atoms with Crippen molar-refractivity contribution in [1.29, 1.82) is 0 Å². The van der Waals surface area contributed by atoms with E-state index in [0.29, 0.717) is 5.75 Å². The lowest BCUT2D eigenvalue weighted by atomic mass is 10.2. The van der Waals surface area contributed by atoms with Gasteiger partial charge in [-0.15, -0.1) is 11.3 Å². The minimum Gasteiger partial charge on any atom is -0.454 e. The SMILES string of the molecule is CC(C)N=c1scc(-c2ccc(F)cc2)n1N=Cc1ccc2c(c1)OCO2. The molecule has 0 radical (unpaired) electrons. The number of nitrogens with zero attached hydrogens (tertiary/aromatic N) is 3. The molecule has 0 amide bonds. The highest BCUT2D eigenvalue weighted by atomic mass is 32.1. The lowest BCUT2D eigenvalue weighted by molar-refractivity contribution is 0.174. The summed E-state index contributed by atoms with van der Waals surface area (Å²) < 4.78 is 25.8. The molecule has 2 aromatic carbocycles. The summed E-state index contributed by atoms with van der Waals surface area (Å²) >= 11 is 1.50. The topological polar surface area (TPSA) is 48.1 Å². The molecule has 2 heterocycles. The molecular weight excluding hydrogens is 365 g/mol. The predicted molar refractivity (Wildman–Crippen MR) is 104 cm³/mol. The first-order valence-corrected chi connectivity index (χ1v) is 9.42. The van der Waals surface area contributed by atoms with E-state index >= 15 is 0 Å². The molecule has 0 bridgehead atoms. The zero-order valence-electron chi connectivity index (χ0n) is 14.9. The molecule has 0 saturated carbocycles.